The van der Waals surface area contributed by atoms with Crippen LogP contribution in [0.3, 0.4) is 0 Å². The van der Waals surface area contributed by atoms with Gasteiger partial charge in [0, 0.05) is 16.2 Å². The summed E-state index contributed by atoms with van der Waals surface area (Å²) in [5.74, 6) is 0.250. The average molecular weight is 311 g/mol. The third kappa shape index (κ3) is 2.68. The van der Waals surface area contributed by atoms with E-state index in [0.29, 0.717) is 21.3 Å². The molecule has 0 fully saturated rings. The van der Waals surface area contributed by atoms with Crippen molar-refractivity contribution in [1.29, 1.82) is 0 Å². The minimum atomic E-state index is -0.569. The Labute approximate surface area is 113 Å². The van der Waals surface area contributed by atoms with Crippen molar-refractivity contribution in [1.82, 2.24) is 4.98 Å². The zero-order chi connectivity index (χ0) is 13.1. The zero-order valence-electron chi connectivity index (χ0n) is 9.73. The molecule has 0 aliphatic carbocycles. The van der Waals surface area contributed by atoms with Crippen LogP contribution in [0.1, 0.15) is 17.2 Å². The largest absolute Gasteiger partial charge is 0.495 e. The van der Waals surface area contributed by atoms with Gasteiger partial charge in [-0.1, -0.05) is 22.0 Å². The Morgan fingerprint density at radius 3 is 2.78 bits per heavy atom. The van der Waals surface area contributed by atoms with E-state index in [9.17, 15) is 4.39 Å². The standard InChI is InChI=1S/C13H12BrFN2O/c1-18-10-4-8(6-17-7-10)13(16)11-3-2-9(14)5-12(11)15/h2-7,13H,16H2,1H3. The summed E-state index contributed by atoms with van der Waals surface area (Å²) >= 11 is 3.21. The second-order valence-corrected chi connectivity index (χ2v) is 4.72. The normalized spacial score (nSPS) is 12.2. The first-order valence-electron chi connectivity index (χ1n) is 5.31. The summed E-state index contributed by atoms with van der Waals surface area (Å²) in [5.41, 5.74) is 7.17. The maximum atomic E-state index is 13.8. The van der Waals surface area contributed by atoms with Gasteiger partial charge in [0.15, 0.2) is 0 Å². The number of aromatic nitrogens is 1. The predicted octanol–water partition coefficient (Wildman–Crippen LogP) is 3.04. The van der Waals surface area contributed by atoms with Crippen LogP contribution in [0.2, 0.25) is 0 Å². The summed E-state index contributed by atoms with van der Waals surface area (Å²) in [7, 11) is 1.55. The number of benzene rings is 1. The van der Waals surface area contributed by atoms with Gasteiger partial charge in [-0.05, 0) is 23.8 Å². The minimum absolute atomic E-state index is 0.348. The van der Waals surface area contributed by atoms with Crippen LogP contribution in [0, 0.1) is 5.82 Å². The minimum Gasteiger partial charge on any atom is -0.495 e. The van der Waals surface area contributed by atoms with Crippen LogP contribution in [0.5, 0.6) is 5.75 Å². The molecule has 0 aliphatic rings. The molecule has 94 valence electrons. The van der Waals surface area contributed by atoms with Crippen molar-refractivity contribution in [3.63, 3.8) is 0 Å². The average Bonchev–Trinajstić information content (AvgIpc) is 2.38. The molecule has 2 aromatic rings. The highest BCUT2D eigenvalue weighted by molar-refractivity contribution is 9.10. The van der Waals surface area contributed by atoms with Crippen LogP contribution >= 0.6 is 15.9 Å². The van der Waals surface area contributed by atoms with Gasteiger partial charge in [0.05, 0.1) is 19.3 Å². The second kappa shape index (κ2) is 5.46. The van der Waals surface area contributed by atoms with Gasteiger partial charge in [0.1, 0.15) is 11.6 Å². The number of hydrogen-bond donors (Lipinski definition) is 1. The van der Waals surface area contributed by atoms with Crippen LogP contribution in [0.4, 0.5) is 4.39 Å². The highest BCUT2D eigenvalue weighted by atomic mass is 79.9. The fourth-order valence-corrected chi connectivity index (χ4v) is 1.98. The Morgan fingerprint density at radius 1 is 1.33 bits per heavy atom. The van der Waals surface area contributed by atoms with Crippen molar-refractivity contribution >= 4 is 15.9 Å². The van der Waals surface area contributed by atoms with Crippen molar-refractivity contribution in [2.45, 2.75) is 6.04 Å². The van der Waals surface area contributed by atoms with E-state index in [1.807, 2.05) is 0 Å². The van der Waals surface area contributed by atoms with E-state index in [-0.39, 0.29) is 5.82 Å². The predicted molar refractivity (Wildman–Crippen MR) is 70.9 cm³/mol. The van der Waals surface area contributed by atoms with E-state index in [4.69, 9.17) is 10.5 Å². The number of methoxy groups -OCH3 is 1. The quantitative estimate of drug-likeness (QED) is 0.948. The molecule has 1 aromatic carbocycles. The first kappa shape index (κ1) is 13.0. The Kier molecular flexibility index (Phi) is 3.93. The van der Waals surface area contributed by atoms with Crippen molar-refractivity contribution in [3.05, 3.63) is 58.1 Å². The first-order chi connectivity index (χ1) is 8.61. The molecule has 3 nitrogen and oxygen atoms in total. The summed E-state index contributed by atoms with van der Waals surface area (Å²) in [5, 5.41) is 0. The van der Waals surface area contributed by atoms with Crippen molar-refractivity contribution in [2.24, 2.45) is 5.73 Å². The molecule has 2 rings (SSSR count). The number of pyridine rings is 1. The Hall–Kier alpha value is -1.46. The molecule has 0 bridgehead atoms. The lowest BCUT2D eigenvalue weighted by atomic mass is 10.0. The van der Waals surface area contributed by atoms with Gasteiger partial charge in [0.25, 0.3) is 0 Å². The Bertz CT molecular complexity index is 562. The van der Waals surface area contributed by atoms with Crippen LogP contribution in [-0.2, 0) is 0 Å². The molecule has 1 atom stereocenters. The molecular formula is C13H12BrFN2O. The molecule has 5 heteroatoms. The van der Waals surface area contributed by atoms with Crippen LogP contribution in [-0.4, -0.2) is 12.1 Å². The highest BCUT2D eigenvalue weighted by Crippen LogP contribution is 2.25. The summed E-state index contributed by atoms with van der Waals surface area (Å²) < 4.78 is 19.6. The molecule has 0 amide bonds. The fourth-order valence-electron chi connectivity index (χ4n) is 1.65. The van der Waals surface area contributed by atoms with E-state index in [1.54, 1.807) is 37.7 Å². The molecule has 0 radical (unpaired) electrons. The van der Waals surface area contributed by atoms with E-state index < -0.39 is 6.04 Å². The molecule has 0 saturated heterocycles. The molecule has 0 saturated carbocycles. The van der Waals surface area contributed by atoms with Gasteiger partial charge in [-0.2, -0.15) is 0 Å². The Morgan fingerprint density at radius 2 is 2.11 bits per heavy atom. The van der Waals surface area contributed by atoms with Crippen LogP contribution in [0.25, 0.3) is 0 Å². The first-order valence-corrected chi connectivity index (χ1v) is 6.10. The smallest absolute Gasteiger partial charge is 0.137 e. The summed E-state index contributed by atoms with van der Waals surface area (Å²) in [6, 6.07) is 5.98. The lowest BCUT2D eigenvalue weighted by molar-refractivity contribution is 0.412. The third-order valence-electron chi connectivity index (χ3n) is 2.63. The van der Waals surface area contributed by atoms with Crippen molar-refractivity contribution < 1.29 is 9.13 Å². The Balaban J connectivity index is 2.37. The number of halogens is 2. The fraction of sp³-hybridized carbons (Fsp3) is 0.154. The molecule has 0 spiro atoms. The van der Waals surface area contributed by atoms with Crippen LogP contribution < -0.4 is 10.5 Å². The number of nitrogens with zero attached hydrogens (tertiary/aromatic N) is 1. The van der Waals surface area contributed by atoms with Crippen molar-refractivity contribution in [2.75, 3.05) is 7.11 Å². The third-order valence-corrected chi connectivity index (χ3v) is 3.12. The molecular weight excluding hydrogens is 299 g/mol. The highest BCUT2D eigenvalue weighted by Gasteiger charge is 2.14. The monoisotopic (exact) mass is 310 g/mol. The summed E-state index contributed by atoms with van der Waals surface area (Å²) in [6.45, 7) is 0. The van der Waals surface area contributed by atoms with E-state index in [0.717, 1.165) is 0 Å². The van der Waals surface area contributed by atoms with Crippen molar-refractivity contribution in [3.8, 4) is 5.75 Å². The van der Waals surface area contributed by atoms with Crippen LogP contribution in [0.15, 0.2) is 41.1 Å². The van der Waals surface area contributed by atoms with Gasteiger partial charge in [-0.15, -0.1) is 0 Å². The second-order valence-electron chi connectivity index (χ2n) is 3.80. The van der Waals surface area contributed by atoms with Gasteiger partial charge in [-0.3, -0.25) is 4.98 Å². The summed E-state index contributed by atoms with van der Waals surface area (Å²) in [4.78, 5) is 4.01. The number of nitrogens with two attached hydrogens (primary N) is 1. The lowest BCUT2D eigenvalue weighted by Crippen LogP contribution is -2.14. The maximum absolute atomic E-state index is 13.8. The molecule has 1 heterocycles. The molecule has 1 unspecified atom stereocenters. The number of rotatable bonds is 3. The lowest BCUT2D eigenvalue weighted by Gasteiger charge is -2.14. The molecule has 0 aliphatic heterocycles. The zero-order valence-corrected chi connectivity index (χ0v) is 11.3. The number of ether oxygens (including phenoxy) is 1. The van der Waals surface area contributed by atoms with Gasteiger partial charge >= 0.3 is 0 Å². The number of hydrogen-bond acceptors (Lipinski definition) is 3. The molecule has 18 heavy (non-hydrogen) atoms. The van der Waals surface area contributed by atoms with Gasteiger partial charge < -0.3 is 10.5 Å². The van der Waals surface area contributed by atoms with Gasteiger partial charge in [-0.25, -0.2) is 4.39 Å². The van der Waals surface area contributed by atoms with E-state index in [1.165, 1.54) is 6.07 Å². The maximum Gasteiger partial charge on any atom is 0.137 e. The summed E-state index contributed by atoms with van der Waals surface area (Å²) in [6.07, 6.45) is 3.18. The SMILES string of the molecule is COc1cncc(C(N)c2ccc(Br)cc2F)c1. The van der Waals surface area contributed by atoms with E-state index >= 15 is 0 Å². The topological polar surface area (TPSA) is 48.1 Å². The van der Waals surface area contributed by atoms with E-state index in [2.05, 4.69) is 20.9 Å². The van der Waals surface area contributed by atoms with Gasteiger partial charge in [0.2, 0.25) is 0 Å². The molecule has 2 N–H and O–H groups in total. The molecule has 1 aromatic heterocycles.